The maximum absolute atomic E-state index is 2.56. The molecule has 2 aliphatic heterocycles. The van der Waals surface area contributed by atoms with Crippen molar-refractivity contribution in [3.8, 4) is 0 Å². The number of hydrogen-bond donors (Lipinski definition) is 0. The second kappa shape index (κ2) is 4.01. The van der Waals surface area contributed by atoms with Crippen molar-refractivity contribution in [2.75, 3.05) is 13.1 Å². The summed E-state index contributed by atoms with van der Waals surface area (Å²) in [4.78, 5) is 0. The molecule has 0 amide bonds. The highest BCUT2D eigenvalue weighted by atomic mass is 127. The fraction of sp³-hybridized carbons (Fsp3) is 0.417. The first kappa shape index (κ1) is 10.1. The molecule has 1 aromatic rings. The smallest absolute Gasteiger partial charge is 0.183 e. The minimum Gasteiger partial charge on any atom is -1.00 e. The zero-order valence-electron chi connectivity index (χ0n) is 8.17. The number of nitrogens with zero attached hydrogens (tertiary/aromatic N) is 1. The zero-order chi connectivity index (χ0) is 8.67. The van der Waals surface area contributed by atoms with Gasteiger partial charge in [-0.05, 0) is 11.6 Å². The second-order valence-electron chi connectivity index (χ2n) is 3.94. The van der Waals surface area contributed by atoms with Crippen molar-refractivity contribution in [1.82, 2.24) is 0 Å². The van der Waals surface area contributed by atoms with E-state index in [0.29, 0.717) is 0 Å². The van der Waals surface area contributed by atoms with Crippen molar-refractivity contribution < 1.29 is 28.6 Å². The average Bonchev–Trinajstić information content (AvgIpc) is 2.65. The lowest BCUT2D eigenvalue weighted by atomic mass is 9.97. The zero-order valence-corrected chi connectivity index (χ0v) is 10.3. The van der Waals surface area contributed by atoms with E-state index in [-0.39, 0.29) is 24.0 Å². The summed E-state index contributed by atoms with van der Waals surface area (Å²) in [6, 6.07) is 8.87. The minimum absolute atomic E-state index is 0. The molecule has 0 N–H and O–H groups in total. The van der Waals surface area contributed by atoms with Gasteiger partial charge in [-0.15, -0.1) is 0 Å². The topological polar surface area (TPSA) is 3.01 Å². The van der Waals surface area contributed by atoms with Crippen molar-refractivity contribution in [2.24, 2.45) is 0 Å². The molecule has 1 aromatic carbocycles. The third kappa shape index (κ3) is 1.49. The SMILES string of the molecule is [I-].c1ccc2c(c1)CC[N+]1=C2CCC1. The molecule has 0 fully saturated rings. The molecular formula is C12H14IN. The summed E-state index contributed by atoms with van der Waals surface area (Å²) in [5, 5.41) is 0. The highest BCUT2D eigenvalue weighted by Crippen LogP contribution is 2.21. The molecule has 0 unspecified atom stereocenters. The van der Waals surface area contributed by atoms with Crippen LogP contribution in [0.1, 0.15) is 24.0 Å². The van der Waals surface area contributed by atoms with Crippen LogP contribution in [0, 0.1) is 0 Å². The molecular weight excluding hydrogens is 285 g/mol. The summed E-state index contributed by atoms with van der Waals surface area (Å²) >= 11 is 0. The van der Waals surface area contributed by atoms with Gasteiger partial charge in [0.05, 0.1) is 0 Å². The van der Waals surface area contributed by atoms with Crippen LogP contribution < -0.4 is 24.0 Å². The van der Waals surface area contributed by atoms with E-state index in [1.807, 2.05) is 0 Å². The van der Waals surface area contributed by atoms with Gasteiger partial charge < -0.3 is 24.0 Å². The molecule has 14 heavy (non-hydrogen) atoms. The Morgan fingerprint density at radius 2 is 1.86 bits per heavy atom. The lowest BCUT2D eigenvalue weighted by Crippen LogP contribution is -3.00. The third-order valence-corrected chi connectivity index (χ3v) is 3.20. The van der Waals surface area contributed by atoms with Gasteiger partial charge in [-0.2, -0.15) is 0 Å². The van der Waals surface area contributed by atoms with Crippen LogP contribution in [0.2, 0.25) is 0 Å². The fourth-order valence-electron chi connectivity index (χ4n) is 2.56. The van der Waals surface area contributed by atoms with Crippen molar-refractivity contribution in [1.29, 1.82) is 0 Å². The van der Waals surface area contributed by atoms with Gasteiger partial charge in [-0.3, -0.25) is 0 Å². The number of benzene rings is 1. The summed E-state index contributed by atoms with van der Waals surface area (Å²) in [6.07, 6.45) is 3.88. The Kier molecular flexibility index (Phi) is 2.91. The fourth-order valence-corrected chi connectivity index (χ4v) is 2.56. The van der Waals surface area contributed by atoms with E-state index in [2.05, 4.69) is 28.8 Å². The Balaban J connectivity index is 0.000000750. The Bertz CT molecular complexity index is 382. The van der Waals surface area contributed by atoms with Gasteiger partial charge in [0, 0.05) is 24.8 Å². The van der Waals surface area contributed by atoms with Gasteiger partial charge in [0.25, 0.3) is 0 Å². The molecule has 0 spiro atoms. The maximum Gasteiger partial charge on any atom is 0.183 e. The van der Waals surface area contributed by atoms with E-state index in [4.69, 9.17) is 0 Å². The van der Waals surface area contributed by atoms with Gasteiger partial charge in [0.1, 0.15) is 13.1 Å². The van der Waals surface area contributed by atoms with E-state index < -0.39 is 0 Å². The quantitative estimate of drug-likeness (QED) is 0.420. The number of hydrogen-bond acceptors (Lipinski definition) is 0. The van der Waals surface area contributed by atoms with Crippen molar-refractivity contribution in [3.05, 3.63) is 35.4 Å². The largest absolute Gasteiger partial charge is 1.00 e. The molecule has 2 heteroatoms. The van der Waals surface area contributed by atoms with E-state index in [0.717, 1.165) is 0 Å². The molecule has 0 saturated heterocycles. The molecule has 74 valence electrons. The van der Waals surface area contributed by atoms with Crippen LogP contribution in [0.5, 0.6) is 0 Å². The summed E-state index contributed by atoms with van der Waals surface area (Å²) in [7, 11) is 0. The lowest BCUT2D eigenvalue weighted by Gasteiger charge is -2.13. The molecule has 0 aliphatic carbocycles. The molecule has 1 nitrogen and oxygen atoms in total. The molecule has 3 rings (SSSR count). The Morgan fingerprint density at radius 1 is 1.00 bits per heavy atom. The van der Waals surface area contributed by atoms with E-state index >= 15 is 0 Å². The summed E-state index contributed by atoms with van der Waals surface area (Å²) in [6.45, 7) is 2.52. The normalized spacial score (nSPS) is 18.6. The Labute approximate surface area is 102 Å². The molecule has 2 aliphatic rings. The summed E-state index contributed by atoms with van der Waals surface area (Å²) < 4.78 is 2.56. The number of rotatable bonds is 0. The Morgan fingerprint density at radius 3 is 2.79 bits per heavy atom. The van der Waals surface area contributed by atoms with Crippen LogP contribution in [0.15, 0.2) is 24.3 Å². The van der Waals surface area contributed by atoms with Crippen molar-refractivity contribution >= 4 is 5.71 Å². The molecule has 0 radical (unpaired) electrons. The first-order valence-corrected chi connectivity index (χ1v) is 5.14. The van der Waals surface area contributed by atoms with Crippen molar-refractivity contribution in [2.45, 2.75) is 19.3 Å². The van der Waals surface area contributed by atoms with Gasteiger partial charge in [0.2, 0.25) is 0 Å². The number of fused-ring (bicyclic) bond motifs is 2. The second-order valence-corrected chi connectivity index (χ2v) is 3.94. The first-order valence-electron chi connectivity index (χ1n) is 5.14. The first-order chi connectivity index (χ1) is 6.45. The lowest BCUT2D eigenvalue weighted by molar-refractivity contribution is -0.520. The van der Waals surface area contributed by atoms with E-state index in [9.17, 15) is 0 Å². The monoisotopic (exact) mass is 299 g/mol. The van der Waals surface area contributed by atoms with Gasteiger partial charge in [-0.25, -0.2) is 4.58 Å². The van der Waals surface area contributed by atoms with Crippen LogP contribution in [-0.4, -0.2) is 23.4 Å². The number of halogens is 1. The van der Waals surface area contributed by atoms with E-state index in [1.54, 1.807) is 11.3 Å². The molecule has 0 atom stereocenters. The predicted molar refractivity (Wildman–Crippen MR) is 53.5 cm³/mol. The molecule has 0 saturated carbocycles. The van der Waals surface area contributed by atoms with Crippen LogP contribution in [0.4, 0.5) is 0 Å². The molecule has 0 aromatic heterocycles. The van der Waals surface area contributed by atoms with Crippen LogP contribution in [0.3, 0.4) is 0 Å². The highest BCUT2D eigenvalue weighted by molar-refractivity contribution is 5.99. The Hall–Kier alpha value is -0.380. The van der Waals surface area contributed by atoms with Gasteiger partial charge >= 0.3 is 0 Å². The summed E-state index contributed by atoms with van der Waals surface area (Å²) in [5.74, 6) is 0. The minimum atomic E-state index is 0. The van der Waals surface area contributed by atoms with Gasteiger partial charge in [-0.1, -0.05) is 18.2 Å². The standard InChI is InChI=1S/C12H14N.HI/c1-2-5-11-10(4-1)7-9-13-8-3-6-12(11)13;/h1-2,4-5H,3,6-9H2;1H/q+1;/p-1. The van der Waals surface area contributed by atoms with Crippen LogP contribution in [-0.2, 0) is 6.42 Å². The molecule has 2 heterocycles. The highest BCUT2D eigenvalue weighted by Gasteiger charge is 2.28. The maximum atomic E-state index is 2.56. The predicted octanol–water partition coefficient (Wildman–Crippen LogP) is -1.16. The van der Waals surface area contributed by atoms with Gasteiger partial charge in [0.15, 0.2) is 5.71 Å². The molecule has 0 bridgehead atoms. The summed E-state index contributed by atoms with van der Waals surface area (Å²) in [5.41, 5.74) is 4.67. The van der Waals surface area contributed by atoms with Crippen LogP contribution in [0.25, 0.3) is 0 Å². The van der Waals surface area contributed by atoms with Crippen LogP contribution >= 0.6 is 0 Å². The average molecular weight is 299 g/mol. The van der Waals surface area contributed by atoms with Crippen molar-refractivity contribution in [3.63, 3.8) is 0 Å². The van der Waals surface area contributed by atoms with E-state index in [1.165, 1.54) is 37.9 Å². The third-order valence-electron chi connectivity index (χ3n) is 3.20.